The molecule has 1 heterocycles. The van der Waals surface area contributed by atoms with Crippen molar-refractivity contribution in [3.8, 4) is 0 Å². The minimum Gasteiger partial charge on any atom is -0.451 e. The maximum Gasteiger partial charge on any atom is 0.339 e. The van der Waals surface area contributed by atoms with Crippen LogP contribution in [0.1, 0.15) is 52.2 Å². The molecule has 0 N–H and O–H groups in total. The molecule has 0 amide bonds. The van der Waals surface area contributed by atoms with Crippen LogP contribution in [0.3, 0.4) is 0 Å². The van der Waals surface area contributed by atoms with E-state index in [1.807, 2.05) is 30.3 Å². The highest BCUT2D eigenvalue weighted by Gasteiger charge is 2.28. The number of rotatable bonds is 4. The average Bonchev–Trinajstić information content (AvgIpc) is 2.72. The number of Topliss-reactive ketones (excluding diaryl/α,β-unsaturated/α-hetero) is 1. The molecule has 4 nitrogen and oxygen atoms in total. The van der Waals surface area contributed by atoms with E-state index in [0.29, 0.717) is 17.0 Å². The van der Waals surface area contributed by atoms with Crippen LogP contribution < -0.4 is 0 Å². The van der Waals surface area contributed by atoms with E-state index in [4.69, 9.17) is 9.72 Å². The van der Waals surface area contributed by atoms with E-state index >= 15 is 0 Å². The number of ketones is 1. The lowest BCUT2D eigenvalue weighted by Crippen LogP contribution is -2.26. The summed E-state index contributed by atoms with van der Waals surface area (Å²) in [6, 6.07) is 16.6. The summed E-state index contributed by atoms with van der Waals surface area (Å²) in [6.07, 6.45) is 1.88. The highest BCUT2D eigenvalue weighted by Crippen LogP contribution is 2.32. The van der Waals surface area contributed by atoms with Crippen molar-refractivity contribution >= 4 is 22.7 Å². The second kappa shape index (κ2) is 7.55. The average molecular weight is 373 g/mol. The van der Waals surface area contributed by atoms with E-state index < -0.39 is 12.1 Å². The monoisotopic (exact) mass is 373 g/mol. The highest BCUT2D eigenvalue weighted by atomic mass is 16.5. The molecule has 1 aliphatic rings. The Labute approximate surface area is 164 Å². The van der Waals surface area contributed by atoms with Gasteiger partial charge in [0.1, 0.15) is 0 Å². The predicted octanol–water partition coefficient (Wildman–Crippen LogP) is 4.79. The fraction of sp³-hybridized carbons (Fsp3) is 0.292. The third-order valence-electron chi connectivity index (χ3n) is 5.42. The molecule has 2 aromatic carbocycles. The quantitative estimate of drug-likeness (QED) is 0.487. The van der Waals surface area contributed by atoms with Crippen molar-refractivity contribution in [2.24, 2.45) is 5.92 Å². The topological polar surface area (TPSA) is 56.3 Å². The Hall–Kier alpha value is -3.01. The van der Waals surface area contributed by atoms with Crippen LogP contribution in [0.4, 0.5) is 0 Å². The smallest absolute Gasteiger partial charge is 0.339 e. The minimum atomic E-state index is -0.849. The zero-order valence-corrected chi connectivity index (χ0v) is 16.1. The number of carbonyl (C=O) groups excluding carboxylic acids is 2. The van der Waals surface area contributed by atoms with Gasteiger partial charge in [-0.2, -0.15) is 0 Å². The molecule has 0 aliphatic heterocycles. The Kier molecular flexibility index (Phi) is 4.95. The Morgan fingerprint density at radius 3 is 2.57 bits per heavy atom. The third-order valence-corrected chi connectivity index (χ3v) is 5.42. The second-order valence-electron chi connectivity index (χ2n) is 7.55. The third kappa shape index (κ3) is 3.42. The summed E-state index contributed by atoms with van der Waals surface area (Å²) in [6.45, 7) is 3.82. The molecule has 1 aliphatic carbocycles. The van der Waals surface area contributed by atoms with Gasteiger partial charge in [0, 0.05) is 16.6 Å². The first kappa shape index (κ1) is 18.4. The van der Waals surface area contributed by atoms with Gasteiger partial charge in [0.2, 0.25) is 5.78 Å². The number of fused-ring (bicyclic) bond motifs is 2. The number of nitrogens with zero attached hydrogens (tertiary/aromatic N) is 1. The first-order chi connectivity index (χ1) is 13.5. The SMILES string of the molecule is CC1CCc2nc3ccccc3c(C(=O)OC(C)C(=O)c3ccccc3)c2C1. The molecule has 0 radical (unpaired) electrons. The number of aromatic nitrogens is 1. The summed E-state index contributed by atoms with van der Waals surface area (Å²) in [5.74, 6) is -0.152. The summed E-state index contributed by atoms with van der Waals surface area (Å²) in [5.41, 5.74) is 3.86. The summed E-state index contributed by atoms with van der Waals surface area (Å²) in [5, 5.41) is 0.791. The van der Waals surface area contributed by atoms with Crippen molar-refractivity contribution in [3.05, 3.63) is 77.0 Å². The summed E-state index contributed by atoms with van der Waals surface area (Å²) in [4.78, 5) is 30.6. The number of para-hydroxylation sites is 1. The van der Waals surface area contributed by atoms with Gasteiger partial charge in [0.15, 0.2) is 6.10 Å². The molecule has 0 spiro atoms. The van der Waals surface area contributed by atoms with Crippen LogP contribution >= 0.6 is 0 Å². The van der Waals surface area contributed by atoms with Crippen LogP contribution in [-0.4, -0.2) is 22.8 Å². The highest BCUT2D eigenvalue weighted by molar-refractivity contribution is 6.07. The Balaban J connectivity index is 1.71. The maximum atomic E-state index is 13.2. The summed E-state index contributed by atoms with van der Waals surface area (Å²) < 4.78 is 5.65. The van der Waals surface area contributed by atoms with Gasteiger partial charge >= 0.3 is 5.97 Å². The Bertz CT molecular complexity index is 1040. The van der Waals surface area contributed by atoms with Crippen LogP contribution in [0.15, 0.2) is 54.6 Å². The van der Waals surface area contributed by atoms with E-state index in [2.05, 4.69) is 6.92 Å². The van der Waals surface area contributed by atoms with Crippen LogP contribution in [-0.2, 0) is 17.6 Å². The fourth-order valence-electron chi connectivity index (χ4n) is 3.91. The van der Waals surface area contributed by atoms with Crippen LogP contribution in [0, 0.1) is 5.92 Å². The molecule has 0 bridgehead atoms. The number of hydrogen-bond donors (Lipinski definition) is 0. The molecular formula is C24H23NO3. The van der Waals surface area contributed by atoms with Crippen molar-refractivity contribution in [3.63, 3.8) is 0 Å². The van der Waals surface area contributed by atoms with E-state index in [1.165, 1.54) is 0 Å². The van der Waals surface area contributed by atoms with Gasteiger partial charge in [0.25, 0.3) is 0 Å². The number of carbonyl (C=O) groups is 2. The molecule has 1 aromatic heterocycles. The second-order valence-corrected chi connectivity index (χ2v) is 7.55. The van der Waals surface area contributed by atoms with Crippen LogP contribution in [0.25, 0.3) is 10.9 Å². The summed E-state index contributed by atoms with van der Waals surface area (Å²) >= 11 is 0. The van der Waals surface area contributed by atoms with E-state index in [-0.39, 0.29) is 5.78 Å². The first-order valence-electron chi connectivity index (χ1n) is 9.75. The molecule has 142 valence electrons. The lowest BCUT2D eigenvalue weighted by atomic mass is 9.84. The standard InChI is InChI=1S/C24H23NO3/c1-15-12-13-21-19(14-15)22(18-10-6-7-11-20(18)25-21)24(27)28-16(2)23(26)17-8-4-3-5-9-17/h3-11,15-16H,12-14H2,1-2H3. The van der Waals surface area contributed by atoms with Gasteiger partial charge in [0.05, 0.1) is 11.1 Å². The molecule has 28 heavy (non-hydrogen) atoms. The van der Waals surface area contributed by atoms with Gasteiger partial charge < -0.3 is 4.74 Å². The molecule has 0 saturated heterocycles. The summed E-state index contributed by atoms with van der Waals surface area (Å²) in [7, 11) is 0. The Morgan fingerprint density at radius 1 is 1.07 bits per heavy atom. The molecule has 0 saturated carbocycles. The number of aryl methyl sites for hydroxylation is 1. The molecule has 2 atom stereocenters. The van der Waals surface area contributed by atoms with E-state index in [9.17, 15) is 9.59 Å². The van der Waals surface area contributed by atoms with Gasteiger partial charge in [-0.05, 0) is 43.7 Å². The predicted molar refractivity (Wildman–Crippen MR) is 109 cm³/mol. The van der Waals surface area contributed by atoms with Crippen molar-refractivity contribution in [1.82, 2.24) is 4.98 Å². The molecule has 4 rings (SSSR count). The Morgan fingerprint density at radius 2 is 1.79 bits per heavy atom. The van der Waals surface area contributed by atoms with Gasteiger partial charge in [-0.3, -0.25) is 9.78 Å². The van der Waals surface area contributed by atoms with Crippen LogP contribution in [0.2, 0.25) is 0 Å². The maximum absolute atomic E-state index is 13.2. The number of pyridine rings is 1. The number of hydrogen-bond acceptors (Lipinski definition) is 4. The van der Waals surface area contributed by atoms with Gasteiger partial charge in [-0.1, -0.05) is 55.5 Å². The molecule has 0 fully saturated rings. The zero-order valence-electron chi connectivity index (χ0n) is 16.1. The fourth-order valence-corrected chi connectivity index (χ4v) is 3.91. The minimum absolute atomic E-state index is 0.199. The lowest BCUT2D eigenvalue weighted by molar-refractivity contribution is 0.0319. The lowest BCUT2D eigenvalue weighted by Gasteiger charge is -2.24. The normalized spacial score (nSPS) is 17.0. The van der Waals surface area contributed by atoms with Crippen molar-refractivity contribution in [1.29, 1.82) is 0 Å². The molecule has 2 unspecified atom stereocenters. The van der Waals surface area contributed by atoms with Gasteiger partial charge in [-0.25, -0.2) is 4.79 Å². The number of ether oxygens (including phenoxy) is 1. The van der Waals surface area contributed by atoms with Gasteiger partial charge in [-0.15, -0.1) is 0 Å². The number of benzene rings is 2. The van der Waals surface area contributed by atoms with Crippen LogP contribution in [0.5, 0.6) is 0 Å². The van der Waals surface area contributed by atoms with Crippen molar-refractivity contribution in [2.75, 3.05) is 0 Å². The number of esters is 1. The molecule has 3 aromatic rings. The van der Waals surface area contributed by atoms with E-state index in [1.54, 1.807) is 31.2 Å². The molecule has 4 heteroatoms. The van der Waals surface area contributed by atoms with Crippen molar-refractivity contribution < 1.29 is 14.3 Å². The zero-order chi connectivity index (χ0) is 19.7. The molecular weight excluding hydrogens is 350 g/mol. The van der Waals surface area contributed by atoms with E-state index in [0.717, 1.165) is 41.4 Å². The van der Waals surface area contributed by atoms with Crippen molar-refractivity contribution in [2.45, 2.75) is 39.2 Å². The first-order valence-corrected chi connectivity index (χ1v) is 9.75. The largest absolute Gasteiger partial charge is 0.451 e.